The molecule has 3 aromatic rings. The highest BCUT2D eigenvalue weighted by Crippen LogP contribution is 2.31. The molecular formula is C25H26F2N4O3. The van der Waals surface area contributed by atoms with E-state index in [1.54, 1.807) is 36.7 Å². The molecule has 1 saturated heterocycles. The van der Waals surface area contributed by atoms with Crippen molar-refractivity contribution in [1.82, 2.24) is 20.4 Å². The summed E-state index contributed by atoms with van der Waals surface area (Å²) in [5.41, 5.74) is 1.14. The summed E-state index contributed by atoms with van der Waals surface area (Å²) >= 11 is 0. The number of carbonyl (C=O) groups excluding carboxylic acids is 2. The summed E-state index contributed by atoms with van der Waals surface area (Å²) in [6.45, 7) is 0.265. The maximum Gasteiger partial charge on any atom is 0.220 e. The van der Waals surface area contributed by atoms with Crippen LogP contribution >= 0.6 is 0 Å². The summed E-state index contributed by atoms with van der Waals surface area (Å²) in [5, 5.41) is 10.0. The second-order valence-corrected chi connectivity index (χ2v) is 8.51. The molecule has 34 heavy (non-hydrogen) atoms. The SMILES string of the molecule is COc1ccc(C[C@]2(CCC(=O)NCc3cnn(-c4cccc(F)c4)c3)CCC(=O)N2)c(F)c1. The van der Waals surface area contributed by atoms with Crippen LogP contribution in [0.4, 0.5) is 8.78 Å². The van der Waals surface area contributed by atoms with Gasteiger partial charge in [0.1, 0.15) is 17.4 Å². The van der Waals surface area contributed by atoms with E-state index < -0.39 is 11.4 Å². The van der Waals surface area contributed by atoms with Gasteiger partial charge in [-0.15, -0.1) is 0 Å². The molecule has 0 spiro atoms. The molecule has 0 radical (unpaired) electrons. The molecule has 2 amide bonds. The number of aromatic nitrogens is 2. The highest BCUT2D eigenvalue weighted by Gasteiger charge is 2.38. The fourth-order valence-electron chi connectivity index (χ4n) is 4.20. The number of hydrogen-bond donors (Lipinski definition) is 2. The van der Waals surface area contributed by atoms with Crippen LogP contribution < -0.4 is 15.4 Å². The van der Waals surface area contributed by atoms with Crippen molar-refractivity contribution in [3.05, 3.63) is 77.6 Å². The lowest BCUT2D eigenvalue weighted by Gasteiger charge is -2.29. The quantitative estimate of drug-likeness (QED) is 0.504. The van der Waals surface area contributed by atoms with E-state index >= 15 is 0 Å². The Morgan fingerprint density at radius 2 is 2.12 bits per heavy atom. The van der Waals surface area contributed by atoms with Crippen LogP contribution in [-0.4, -0.2) is 34.2 Å². The first-order valence-electron chi connectivity index (χ1n) is 11.1. The molecule has 1 aromatic heterocycles. The average Bonchev–Trinajstić information content (AvgIpc) is 3.45. The lowest BCUT2D eigenvalue weighted by atomic mass is 9.84. The number of carbonyl (C=O) groups is 2. The molecular weight excluding hydrogens is 442 g/mol. The molecule has 9 heteroatoms. The third kappa shape index (κ3) is 5.59. The summed E-state index contributed by atoms with van der Waals surface area (Å²) in [6.07, 6.45) is 5.07. The average molecular weight is 469 g/mol. The van der Waals surface area contributed by atoms with Crippen molar-refractivity contribution < 1.29 is 23.1 Å². The van der Waals surface area contributed by atoms with Gasteiger partial charge >= 0.3 is 0 Å². The zero-order valence-corrected chi connectivity index (χ0v) is 18.8. The summed E-state index contributed by atoms with van der Waals surface area (Å²) < 4.78 is 34.5. The summed E-state index contributed by atoms with van der Waals surface area (Å²) in [5.74, 6) is -0.621. The molecule has 1 aliphatic rings. The summed E-state index contributed by atoms with van der Waals surface area (Å²) in [4.78, 5) is 24.5. The maximum absolute atomic E-state index is 14.5. The van der Waals surface area contributed by atoms with E-state index in [2.05, 4.69) is 15.7 Å². The van der Waals surface area contributed by atoms with Crippen molar-refractivity contribution in [3.8, 4) is 11.4 Å². The number of nitrogens with zero attached hydrogens (tertiary/aromatic N) is 2. The van der Waals surface area contributed by atoms with Crippen molar-refractivity contribution in [2.75, 3.05) is 7.11 Å². The standard InChI is InChI=1S/C25H26F2N4O3/c1-34-21-6-5-18(22(27)12-21)13-25(10-8-24(33)30-25)9-7-23(32)28-14-17-15-29-31(16-17)20-4-2-3-19(26)11-20/h2-6,11-12,15-16H,7-10,13-14H2,1H3,(H,28,32)(H,30,33)/t25-/m0/s1. The third-order valence-corrected chi connectivity index (χ3v) is 6.05. The second-order valence-electron chi connectivity index (χ2n) is 8.51. The monoisotopic (exact) mass is 468 g/mol. The Labute approximate surface area is 196 Å². The van der Waals surface area contributed by atoms with Crippen LogP contribution in [0, 0.1) is 11.6 Å². The van der Waals surface area contributed by atoms with Gasteiger partial charge in [-0.2, -0.15) is 5.10 Å². The fourth-order valence-corrected chi connectivity index (χ4v) is 4.20. The number of nitrogens with one attached hydrogen (secondary N) is 2. The smallest absolute Gasteiger partial charge is 0.220 e. The predicted octanol–water partition coefficient (Wildman–Crippen LogP) is 3.45. The molecule has 0 bridgehead atoms. The fraction of sp³-hybridized carbons (Fsp3) is 0.320. The Bertz CT molecular complexity index is 1200. The van der Waals surface area contributed by atoms with Gasteiger partial charge in [0, 0.05) is 42.8 Å². The van der Waals surface area contributed by atoms with E-state index in [1.807, 2.05) is 0 Å². The number of methoxy groups -OCH3 is 1. The first kappa shape index (κ1) is 23.4. The number of hydrogen-bond acceptors (Lipinski definition) is 4. The molecule has 4 rings (SSSR count). The van der Waals surface area contributed by atoms with E-state index in [0.29, 0.717) is 42.7 Å². The molecule has 2 N–H and O–H groups in total. The highest BCUT2D eigenvalue weighted by molar-refractivity contribution is 5.80. The Hall–Kier alpha value is -3.75. The lowest BCUT2D eigenvalue weighted by Crippen LogP contribution is -2.44. The minimum Gasteiger partial charge on any atom is -0.497 e. The molecule has 1 fully saturated rings. The van der Waals surface area contributed by atoms with Crippen molar-refractivity contribution in [2.24, 2.45) is 0 Å². The van der Waals surface area contributed by atoms with Gasteiger partial charge < -0.3 is 15.4 Å². The van der Waals surface area contributed by atoms with Gasteiger partial charge in [-0.25, -0.2) is 13.5 Å². The molecule has 0 unspecified atom stereocenters. The predicted molar refractivity (Wildman–Crippen MR) is 121 cm³/mol. The molecule has 1 aliphatic heterocycles. The van der Waals surface area contributed by atoms with Gasteiger partial charge in [0.05, 0.1) is 19.0 Å². The van der Waals surface area contributed by atoms with Crippen LogP contribution in [0.3, 0.4) is 0 Å². The highest BCUT2D eigenvalue weighted by atomic mass is 19.1. The summed E-state index contributed by atoms with van der Waals surface area (Å²) in [6, 6.07) is 10.7. The third-order valence-electron chi connectivity index (χ3n) is 6.05. The largest absolute Gasteiger partial charge is 0.497 e. The molecule has 178 valence electrons. The molecule has 2 aromatic carbocycles. The van der Waals surface area contributed by atoms with Gasteiger partial charge in [0.25, 0.3) is 0 Å². The van der Waals surface area contributed by atoms with Crippen LogP contribution in [0.2, 0.25) is 0 Å². The van der Waals surface area contributed by atoms with Gasteiger partial charge in [0.2, 0.25) is 11.8 Å². The van der Waals surface area contributed by atoms with E-state index in [4.69, 9.17) is 4.74 Å². The Kier molecular flexibility index (Phi) is 6.90. The van der Waals surface area contributed by atoms with Crippen molar-refractivity contribution in [3.63, 3.8) is 0 Å². The van der Waals surface area contributed by atoms with Crippen LogP contribution in [-0.2, 0) is 22.6 Å². The van der Waals surface area contributed by atoms with Crippen LogP contribution in [0.15, 0.2) is 54.9 Å². The number of amides is 2. The van der Waals surface area contributed by atoms with E-state index in [-0.39, 0.29) is 30.6 Å². The van der Waals surface area contributed by atoms with Crippen LogP contribution in [0.5, 0.6) is 5.75 Å². The molecule has 2 heterocycles. The van der Waals surface area contributed by atoms with Gasteiger partial charge in [-0.05, 0) is 49.1 Å². The lowest BCUT2D eigenvalue weighted by molar-refractivity contribution is -0.122. The van der Waals surface area contributed by atoms with Crippen molar-refractivity contribution in [1.29, 1.82) is 0 Å². The van der Waals surface area contributed by atoms with Gasteiger partial charge in [-0.3, -0.25) is 9.59 Å². The Balaban J connectivity index is 1.34. The van der Waals surface area contributed by atoms with Gasteiger partial charge in [-0.1, -0.05) is 12.1 Å². The molecule has 0 saturated carbocycles. The normalized spacial score (nSPS) is 17.4. The number of ether oxygens (including phenoxy) is 1. The number of benzene rings is 2. The van der Waals surface area contributed by atoms with Crippen LogP contribution in [0.25, 0.3) is 5.69 Å². The van der Waals surface area contributed by atoms with Crippen molar-refractivity contribution >= 4 is 11.8 Å². The van der Waals surface area contributed by atoms with Gasteiger partial charge in [0.15, 0.2) is 0 Å². The Morgan fingerprint density at radius 1 is 1.26 bits per heavy atom. The topological polar surface area (TPSA) is 85.2 Å². The minimum atomic E-state index is -0.674. The maximum atomic E-state index is 14.5. The Morgan fingerprint density at radius 3 is 2.82 bits per heavy atom. The minimum absolute atomic E-state index is 0.0981. The molecule has 7 nitrogen and oxygen atoms in total. The first-order chi connectivity index (χ1) is 16.4. The van der Waals surface area contributed by atoms with Crippen molar-refractivity contribution in [2.45, 2.75) is 44.2 Å². The number of halogens is 2. The second kappa shape index (κ2) is 10.0. The zero-order chi connectivity index (χ0) is 24.1. The zero-order valence-electron chi connectivity index (χ0n) is 18.8. The number of rotatable bonds is 9. The van der Waals surface area contributed by atoms with E-state index in [0.717, 1.165) is 5.56 Å². The molecule has 1 atom stereocenters. The van der Waals surface area contributed by atoms with Crippen LogP contribution in [0.1, 0.15) is 36.8 Å². The van der Waals surface area contributed by atoms with E-state index in [1.165, 1.54) is 30.0 Å². The first-order valence-corrected chi connectivity index (χ1v) is 11.1. The summed E-state index contributed by atoms with van der Waals surface area (Å²) in [7, 11) is 1.47. The van der Waals surface area contributed by atoms with E-state index in [9.17, 15) is 18.4 Å². The molecule has 0 aliphatic carbocycles.